The van der Waals surface area contributed by atoms with E-state index in [9.17, 15) is 0 Å². The molecule has 0 atom stereocenters. The van der Waals surface area contributed by atoms with E-state index in [-0.39, 0.29) is 0 Å². The Labute approximate surface area is 130 Å². The highest BCUT2D eigenvalue weighted by Crippen LogP contribution is 2.22. The highest BCUT2D eigenvalue weighted by Gasteiger charge is 2.06. The lowest BCUT2D eigenvalue weighted by Gasteiger charge is -2.16. The summed E-state index contributed by atoms with van der Waals surface area (Å²) < 4.78 is 0. The van der Waals surface area contributed by atoms with E-state index in [1.54, 1.807) is 0 Å². The van der Waals surface area contributed by atoms with E-state index in [0.29, 0.717) is 5.11 Å². The number of aryl methyl sites for hydroxylation is 3. The molecule has 2 aromatic carbocycles. The van der Waals surface area contributed by atoms with Gasteiger partial charge in [-0.2, -0.15) is 0 Å². The molecule has 2 N–H and O–H groups in total. The van der Waals surface area contributed by atoms with Crippen molar-refractivity contribution in [1.82, 2.24) is 0 Å². The van der Waals surface area contributed by atoms with E-state index in [1.165, 1.54) is 11.1 Å². The molecular weight excluding hydrogens is 288 g/mol. The zero-order chi connectivity index (χ0) is 14.7. The molecule has 0 aliphatic carbocycles. The minimum atomic E-state index is 0.577. The normalized spacial score (nSPS) is 10.2. The Hall–Kier alpha value is -1.58. The van der Waals surface area contributed by atoms with Crippen molar-refractivity contribution < 1.29 is 0 Å². The van der Waals surface area contributed by atoms with Gasteiger partial charge in [-0.3, -0.25) is 0 Å². The van der Waals surface area contributed by atoms with Gasteiger partial charge >= 0.3 is 0 Å². The van der Waals surface area contributed by atoms with Crippen LogP contribution in [0.25, 0.3) is 0 Å². The first-order valence-electron chi connectivity index (χ1n) is 6.38. The van der Waals surface area contributed by atoms with Crippen LogP contribution in [0.2, 0.25) is 5.02 Å². The van der Waals surface area contributed by atoms with Crippen LogP contribution in [0.3, 0.4) is 0 Å². The Morgan fingerprint density at radius 3 is 2.20 bits per heavy atom. The molecule has 0 amide bonds. The van der Waals surface area contributed by atoms with Crippen molar-refractivity contribution in [2.75, 3.05) is 10.6 Å². The van der Waals surface area contributed by atoms with Gasteiger partial charge in [0.05, 0.1) is 0 Å². The smallest absolute Gasteiger partial charge is 0.175 e. The van der Waals surface area contributed by atoms with E-state index in [4.69, 9.17) is 23.8 Å². The molecule has 0 saturated carbocycles. The number of nitrogens with one attached hydrogen (secondary N) is 2. The van der Waals surface area contributed by atoms with E-state index < -0.39 is 0 Å². The maximum Gasteiger partial charge on any atom is 0.175 e. The molecule has 0 fully saturated rings. The van der Waals surface area contributed by atoms with Crippen LogP contribution in [0.1, 0.15) is 16.7 Å². The molecule has 0 spiro atoms. The van der Waals surface area contributed by atoms with Crippen molar-refractivity contribution in [1.29, 1.82) is 0 Å². The van der Waals surface area contributed by atoms with Gasteiger partial charge in [-0.25, -0.2) is 0 Å². The number of hydrogen-bond donors (Lipinski definition) is 2. The Morgan fingerprint density at radius 1 is 0.950 bits per heavy atom. The predicted molar refractivity (Wildman–Crippen MR) is 91.9 cm³/mol. The molecule has 0 heterocycles. The summed E-state index contributed by atoms with van der Waals surface area (Å²) in [7, 11) is 0. The fourth-order valence-electron chi connectivity index (χ4n) is 2.05. The summed E-state index contributed by atoms with van der Waals surface area (Å²) >= 11 is 11.3. The van der Waals surface area contributed by atoms with Crippen LogP contribution in [0.15, 0.2) is 36.4 Å². The first-order valence-corrected chi connectivity index (χ1v) is 7.16. The lowest BCUT2D eigenvalue weighted by Crippen LogP contribution is -2.20. The standard InChI is InChI=1S/C16H17ClN2S/c1-10-5-4-6-11(2)15(10)19-16(20)18-14-8-7-13(17)9-12(14)3/h4-9H,1-3H3,(H2,18,19,20). The van der Waals surface area contributed by atoms with Gasteiger partial charge in [0.25, 0.3) is 0 Å². The van der Waals surface area contributed by atoms with Gasteiger partial charge in [0, 0.05) is 16.4 Å². The van der Waals surface area contributed by atoms with Crippen LogP contribution in [0.5, 0.6) is 0 Å². The molecule has 0 saturated heterocycles. The van der Waals surface area contributed by atoms with E-state index in [0.717, 1.165) is 22.0 Å². The van der Waals surface area contributed by atoms with Crippen LogP contribution in [0.4, 0.5) is 11.4 Å². The molecule has 2 rings (SSSR count). The summed E-state index contributed by atoms with van der Waals surface area (Å²) in [5.41, 5.74) is 5.40. The van der Waals surface area contributed by atoms with Crippen molar-refractivity contribution >= 4 is 40.3 Å². The summed E-state index contributed by atoms with van der Waals surface area (Å²) in [6.07, 6.45) is 0. The number of hydrogen-bond acceptors (Lipinski definition) is 1. The van der Waals surface area contributed by atoms with Crippen LogP contribution >= 0.6 is 23.8 Å². The highest BCUT2D eigenvalue weighted by atomic mass is 35.5. The average molecular weight is 305 g/mol. The average Bonchev–Trinajstić information content (AvgIpc) is 2.37. The van der Waals surface area contributed by atoms with Crippen molar-refractivity contribution in [3.05, 3.63) is 58.1 Å². The van der Waals surface area contributed by atoms with Gasteiger partial charge < -0.3 is 10.6 Å². The van der Waals surface area contributed by atoms with Crippen molar-refractivity contribution in [2.24, 2.45) is 0 Å². The summed E-state index contributed by atoms with van der Waals surface area (Å²) in [6, 6.07) is 11.8. The second-order valence-electron chi connectivity index (χ2n) is 4.81. The molecule has 0 aromatic heterocycles. The maximum atomic E-state index is 5.95. The van der Waals surface area contributed by atoms with Crippen molar-refractivity contribution in [3.8, 4) is 0 Å². The third-order valence-corrected chi connectivity index (χ3v) is 3.60. The lowest BCUT2D eigenvalue weighted by atomic mass is 10.1. The Bertz CT molecular complexity index is 633. The molecule has 0 aliphatic rings. The third kappa shape index (κ3) is 3.50. The van der Waals surface area contributed by atoms with Gasteiger partial charge in [-0.1, -0.05) is 29.8 Å². The maximum absolute atomic E-state index is 5.95. The Balaban J connectivity index is 2.13. The topological polar surface area (TPSA) is 24.1 Å². The summed E-state index contributed by atoms with van der Waals surface area (Å²) in [6.45, 7) is 6.12. The molecule has 0 radical (unpaired) electrons. The second kappa shape index (κ2) is 6.25. The van der Waals surface area contributed by atoms with Crippen LogP contribution in [-0.2, 0) is 0 Å². The molecular formula is C16H17ClN2S. The highest BCUT2D eigenvalue weighted by molar-refractivity contribution is 7.80. The molecule has 0 aliphatic heterocycles. The summed E-state index contributed by atoms with van der Waals surface area (Å²) in [5.74, 6) is 0. The van der Waals surface area contributed by atoms with Crippen molar-refractivity contribution in [2.45, 2.75) is 20.8 Å². The molecule has 20 heavy (non-hydrogen) atoms. The molecule has 0 unspecified atom stereocenters. The molecule has 2 aromatic rings. The molecule has 2 nitrogen and oxygen atoms in total. The molecule has 4 heteroatoms. The van der Waals surface area contributed by atoms with Gasteiger partial charge in [0.15, 0.2) is 5.11 Å². The predicted octanol–water partition coefficient (Wildman–Crippen LogP) is 5.07. The van der Waals surface area contributed by atoms with Gasteiger partial charge in [-0.05, 0) is 67.9 Å². The van der Waals surface area contributed by atoms with Crippen molar-refractivity contribution in [3.63, 3.8) is 0 Å². The zero-order valence-corrected chi connectivity index (χ0v) is 13.3. The SMILES string of the molecule is Cc1cc(Cl)ccc1NC(=S)Nc1c(C)cccc1C. The first-order chi connectivity index (χ1) is 9.47. The van der Waals surface area contributed by atoms with Crippen LogP contribution in [0, 0.1) is 20.8 Å². The zero-order valence-electron chi connectivity index (χ0n) is 11.8. The second-order valence-corrected chi connectivity index (χ2v) is 5.65. The monoisotopic (exact) mass is 304 g/mol. The van der Waals surface area contributed by atoms with Gasteiger partial charge in [0.1, 0.15) is 0 Å². The lowest BCUT2D eigenvalue weighted by molar-refractivity contribution is 1.37. The Kier molecular flexibility index (Phi) is 4.63. The van der Waals surface area contributed by atoms with Gasteiger partial charge in [0.2, 0.25) is 0 Å². The number of halogens is 1. The van der Waals surface area contributed by atoms with Crippen LogP contribution in [-0.4, -0.2) is 5.11 Å². The fraction of sp³-hybridized carbons (Fsp3) is 0.188. The van der Waals surface area contributed by atoms with E-state index >= 15 is 0 Å². The number of thiocarbonyl (C=S) groups is 1. The number of anilines is 2. The number of rotatable bonds is 2. The van der Waals surface area contributed by atoms with E-state index in [1.807, 2.05) is 31.2 Å². The fourth-order valence-corrected chi connectivity index (χ4v) is 2.48. The number of para-hydroxylation sites is 1. The number of benzene rings is 2. The first kappa shape index (κ1) is 14.8. The minimum Gasteiger partial charge on any atom is -0.332 e. The quantitative estimate of drug-likeness (QED) is 0.757. The molecule has 0 bridgehead atoms. The molecule has 104 valence electrons. The summed E-state index contributed by atoms with van der Waals surface area (Å²) in [4.78, 5) is 0. The minimum absolute atomic E-state index is 0.577. The third-order valence-electron chi connectivity index (χ3n) is 3.16. The summed E-state index contributed by atoms with van der Waals surface area (Å²) in [5, 5.41) is 7.76. The van der Waals surface area contributed by atoms with Crippen LogP contribution < -0.4 is 10.6 Å². The Morgan fingerprint density at radius 2 is 1.60 bits per heavy atom. The van der Waals surface area contributed by atoms with E-state index in [2.05, 4.69) is 36.6 Å². The largest absolute Gasteiger partial charge is 0.332 e. The van der Waals surface area contributed by atoms with Gasteiger partial charge in [-0.15, -0.1) is 0 Å².